The maximum absolute atomic E-state index is 13.0. The van der Waals surface area contributed by atoms with Crippen LogP contribution in [0.25, 0.3) is 0 Å². The van der Waals surface area contributed by atoms with Crippen molar-refractivity contribution in [2.75, 3.05) is 58.3 Å². The van der Waals surface area contributed by atoms with Gasteiger partial charge in [-0.25, -0.2) is 8.42 Å². The van der Waals surface area contributed by atoms with Crippen molar-refractivity contribution in [1.82, 2.24) is 9.21 Å². The molecular weight excluding hydrogens is 420 g/mol. The van der Waals surface area contributed by atoms with E-state index in [0.29, 0.717) is 45.0 Å². The maximum atomic E-state index is 13.0. The zero-order valence-corrected chi connectivity index (χ0v) is 18.8. The highest BCUT2D eigenvalue weighted by atomic mass is 32.2. The van der Waals surface area contributed by atoms with Crippen LogP contribution in [0.5, 0.6) is 5.75 Å². The summed E-state index contributed by atoms with van der Waals surface area (Å²) < 4.78 is 33.0. The van der Waals surface area contributed by atoms with Crippen molar-refractivity contribution in [1.29, 1.82) is 0 Å². The first-order valence-electron chi connectivity index (χ1n) is 10.1. The highest BCUT2D eigenvalue weighted by Gasteiger charge is 2.30. The summed E-state index contributed by atoms with van der Waals surface area (Å²) in [7, 11) is -0.131. The van der Waals surface area contributed by atoms with Crippen molar-refractivity contribution in [3.63, 3.8) is 0 Å². The van der Waals surface area contributed by atoms with Crippen LogP contribution in [0.4, 0.5) is 11.4 Å². The molecule has 9 nitrogen and oxygen atoms in total. The molecule has 31 heavy (non-hydrogen) atoms. The second-order valence-electron chi connectivity index (χ2n) is 7.70. The Hall–Kier alpha value is -2.69. The third-order valence-electron chi connectivity index (χ3n) is 5.37. The zero-order chi connectivity index (χ0) is 22.6. The lowest BCUT2D eigenvalue weighted by Crippen LogP contribution is -2.47. The van der Waals surface area contributed by atoms with Gasteiger partial charge in [0.25, 0.3) is 5.69 Å². The Balaban J connectivity index is 1.73. The van der Waals surface area contributed by atoms with Crippen LogP contribution in [0.2, 0.25) is 0 Å². The van der Waals surface area contributed by atoms with Crippen LogP contribution in [0.1, 0.15) is 5.56 Å². The first-order chi connectivity index (χ1) is 14.7. The molecule has 10 heteroatoms. The normalized spacial score (nSPS) is 15.6. The van der Waals surface area contributed by atoms with E-state index >= 15 is 0 Å². The second-order valence-corrected chi connectivity index (χ2v) is 9.64. The number of sulfonamides is 1. The van der Waals surface area contributed by atoms with Gasteiger partial charge in [-0.15, -0.1) is 0 Å². The topological polar surface area (TPSA) is 96.2 Å². The third-order valence-corrected chi connectivity index (χ3v) is 7.27. The molecule has 0 spiro atoms. The largest absolute Gasteiger partial charge is 0.492 e. The predicted molar refractivity (Wildman–Crippen MR) is 119 cm³/mol. The number of nitro benzene ring substituents is 1. The molecule has 0 bridgehead atoms. The summed E-state index contributed by atoms with van der Waals surface area (Å²) in [5, 5.41) is 11.7. The summed E-state index contributed by atoms with van der Waals surface area (Å²) in [5.41, 5.74) is 1.23. The molecule has 0 N–H and O–H groups in total. The second kappa shape index (κ2) is 9.63. The molecule has 1 fully saturated rings. The van der Waals surface area contributed by atoms with E-state index in [1.54, 1.807) is 11.9 Å². The number of rotatable bonds is 8. The molecule has 1 aliphatic rings. The molecule has 1 heterocycles. The monoisotopic (exact) mass is 448 g/mol. The molecule has 2 aromatic carbocycles. The molecule has 0 saturated carbocycles. The van der Waals surface area contributed by atoms with Gasteiger partial charge in [-0.2, -0.15) is 4.31 Å². The molecule has 0 aromatic heterocycles. The smallest absolute Gasteiger partial charge is 0.293 e. The summed E-state index contributed by atoms with van der Waals surface area (Å²) in [4.78, 5) is 14.8. The average Bonchev–Trinajstić information content (AvgIpc) is 2.75. The molecule has 0 atom stereocenters. The summed E-state index contributed by atoms with van der Waals surface area (Å²) in [5.74, 6) is 0.724. The number of likely N-dealkylation sites (N-methyl/N-ethyl adjacent to an activating group) is 2. The number of anilines is 1. The van der Waals surface area contributed by atoms with Gasteiger partial charge in [0.2, 0.25) is 10.0 Å². The van der Waals surface area contributed by atoms with Gasteiger partial charge in [0.05, 0.1) is 16.4 Å². The van der Waals surface area contributed by atoms with E-state index in [9.17, 15) is 18.5 Å². The van der Waals surface area contributed by atoms with Crippen LogP contribution in [0.3, 0.4) is 0 Å². The predicted octanol–water partition coefficient (Wildman–Crippen LogP) is 2.35. The molecule has 0 amide bonds. The van der Waals surface area contributed by atoms with E-state index in [2.05, 4.69) is 0 Å². The number of ether oxygens (including phenoxy) is 1. The fraction of sp³-hybridized carbons (Fsp3) is 0.429. The Morgan fingerprint density at radius 2 is 1.74 bits per heavy atom. The highest BCUT2D eigenvalue weighted by molar-refractivity contribution is 7.89. The van der Waals surface area contributed by atoms with Gasteiger partial charge >= 0.3 is 0 Å². The number of piperazine rings is 1. The number of hydrogen-bond donors (Lipinski definition) is 0. The van der Waals surface area contributed by atoms with Crippen LogP contribution in [0.15, 0.2) is 47.4 Å². The fourth-order valence-electron chi connectivity index (χ4n) is 3.37. The first kappa shape index (κ1) is 23.0. The molecule has 0 unspecified atom stereocenters. The lowest BCUT2D eigenvalue weighted by molar-refractivity contribution is -0.384. The number of benzene rings is 2. The summed E-state index contributed by atoms with van der Waals surface area (Å²) >= 11 is 0. The Morgan fingerprint density at radius 3 is 2.35 bits per heavy atom. The molecule has 2 aromatic rings. The highest BCUT2D eigenvalue weighted by Crippen LogP contribution is 2.31. The number of aryl methyl sites for hydroxylation is 1. The molecule has 168 valence electrons. The Bertz CT molecular complexity index is 1020. The van der Waals surface area contributed by atoms with Crippen LogP contribution >= 0.6 is 0 Å². The van der Waals surface area contributed by atoms with E-state index in [1.165, 1.54) is 16.4 Å². The van der Waals surface area contributed by atoms with Crippen molar-refractivity contribution in [3.8, 4) is 5.75 Å². The molecule has 0 aliphatic carbocycles. The average molecular weight is 449 g/mol. The lowest BCUT2D eigenvalue weighted by Gasteiger charge is -2.31. The van der Waals surface area contributed by atoms with Gasteiger partial charge < -0.3 is 14.5 Å². The van der Waals surface area contributed by atoms with Crippen LogP contribution < -0.4 is 9.64 Å². The minimum atomic E-state index is -3.78. The van der Waals surface area contributed by atoms with Crippen molar-refractivity contribution in [2.45, 2.75) is 11.8 Å². The van der Waals surface area contributed by atoms with Crippen molar-refractivity contribution >= 4 is 21.4 Å². The van der Waals surface area contributed by atoms with E-state index in [4.69, 9.17) is 4.74 Å². The number of nitro groups is 1. The van der Waals surface area contributed by atoms with Crippen LogP contribution in [-0.4, -0.2) is 76.0 Å². The number of nitrogens with zero attached hydrogens (tertiary/aromatic N) is 4. The van der Waals surface area contributed by atoms with E-state index in [0.717, 1.165) is 17.4 Å². The minimum Gasteiger partial charge on any atom is -0.492 e. The standard InChI is InChI=1S/C21H28N4O5S/c1-17-4-6-18(7-5-17)30-15-14-23(3)20-9-8-19(16-21(20)25(26)27)31(28,29)24-12-10-22(2)11-13-24/h4-9,16H,10-15H2,1-3H3. The van der Waals surface area contributed by atoms with E-state index < -0.39 is 14.9 Å². The molecule has 0 radical (unpaired) electrons. The fourth-order valence-corrected chi connectivity index (χ4v) is 4.81. The molecule has 1 aliphatic heterocycles. The Labute approximate surface area is 183 Å². The minimum absolute atomic E-state index is 0.0585. The zero-order valence-electron chi connectivity index (χ0n) is 18.0. The van der Waals surface area contributed by atoms with Gasteiger partial charge in [-0.3, -0.25) is 10.1 Å². The Morgan fingerprint density at radius 1 is 1.10 bits per heavy atom. The Kier molecular flexibility index (Phi) is 7.14. The number of hydrogen-bond acceptors (Lipinski definition) is 7. The van der Waals surface area contributed by atoms with Crippen molar-refractivity contribution in [3.05, 3.63) is 58.1 Å². The van der Waals surface area contributed by atoms with Crippen LogP contribution in [-0.2, 0) is 10.0 Å². The van der Waals surface area contributed by atoms with Gasteiger partial charge in [-0.1, -0.05) is 17.7 Å². The summed E-state index contributed by atoms with van der Waals surface area (Å²) in [6.45, 7) is 4.71. The summed E-state index contributed by atoms with van der Waals surface area (Å²) in [6.07, 6.45) is 0. The summed E-state index contributed by atoms with van der Waals surface area (Å²) in [6, 6.07) is 11.7. The third kappa shape index (κ3) is 5.52. The van der Waals surface area contributed by atoms with Gasteiger partial charge in [0.1, 0.15) is 18.0 Å². The van der Waals surface area contributed by atoms with Gasteiger partial charge in [0.15, 0.2) is 0 Å². The van der Waals surface area contributed by atoms with Gasteiger partial charge in [-0.05, 0) is 38.2 Å². The van der Waals surface area contributed by atoms with E-state index in [-0.39, 0.29) is 10.6 Å². The van der Waals surface area contributed by atoms with Crippen LogP contribution in [0, 0.1) is 17.0 Å². The quantitative estimate of drug-likeness (QED) is 0.452. The van der Waals surface area contributed by atoms with Crippen molar-refractivity contribution < 1.29 is 18.1 Å². The lowest BCUT2D eigenvalue weighted by atomic mass is 10.2. The molecule has 1 saturated heterocycles. The maximum Gasteiger partial charge on any atom is 0.293 e. The van der Waals surface area contributed by atoms with Crippen molar-refractivity contribution in [2.24, 2.45) is 0 Å². The molecule has 3 rings (SSSR count). The van der Waals surface area contributed by atoms with E-state index in [1.807, 2.05) is 43.1 Å². The molecular formula is C21H28N4O5S. The van der Waals surface area contributed by atoms with Gasteiger partial charge in [0, 0.05) is 39.3 Å². The first-order valence-corrected chi connectivity index (χ1v) is 11.5. The SMILES string of the molecule is Cc1ccc(OCCN(C)c2ccc(S(=O)(=O)N3CCN(C)CC3)cc2[N+](=O)[O-])cc1.